The Morgan fingerprint density at radius 1 is 0.647 bits per heavy atom. The number of aldehydes is 1. The molecule has 0 aromatic carbocycles. The van der Waals surface area contributed by atoms with E-state index in [1.165, 1.54) is 0 Å². The van der Waals surface area contributed by atoms with Gasteiger partial charge in [0.2, 0.25) is 0 Å². The Labute approximate surface area is 210 Å². The van der Waals surface area contributed by atoms with Gasteiger partial charge in [0, 0.05) is 6.42 Å². The summed E-state index contributed by atoms with van der Waals surface area (Å²) < 4.78 is 61.6. The highest BCUT2D eigenvalue weighted by molar-refractivity contribution is 6.75. The summed E-state index contributed by atoms with van der Waals surface area (Å²) in [6, 6.07) is 0. The van der Waals surface area contributed by atoms with Gasteiger partial charge in [-0.25, -0.2) is 0 Å². The molecule has 34 heavy (non-hydrogen) atoms. The maximum Gasteiger partial charge on any atom is 0.413 e. The molecule has 0 aliphatic heterocycles. The van der Waals surface area contributed by atoms with Crippen molar-refractivity contribution in [1.82, 2.24) is 0 Å². The summed E-state index contributed by atoms with van der Waals surface area (Å²) in [6.07, 6.45) is -8.62. The minimum absolute atomic E-state index is 0.211. The van der Waals surface area contributed by atoms with E-state index >= 15 is 0 Å². The molecule has 3 atom stereocenters. The monoisotopic (exact) mass is 544 g/mol. The van der Waals surface area contributed by atoms with Crippen LogP contribution in [0.3, 0.4) is 0 Å². The number of rotatable bonds is 10. The minimum atomic E-state index is -4.59. The van der Waals surface area contributed by atoms with Crippen molar-refractivity contribution in [2.24, 2.45) is 0 Å². The van der Waals surface area contributed by atoms with E-state index in [9.17, 15) is 18.0 Å². The lowest BCUT2D eigenvalue weighted by Crippen LogP contribution is -2.55. The third kappa shape index (κ3) is 9.14. The van der Waals surface area contributed by atoms with Crippen molar-refractivity contribution in [3.63, 3.8) is 0 Å². The van der Waals surface area contributed by atoms with Gasteiger partial charge in [0.05, 0.1) is 6.10 Å². The van der Waals surface area contributed by atoms with Crippen LogP contribution >= 0.6 is 0 Å². The molecule has 0 fully saturated rings. The lowest BCUT2D eigenvalue weighted by Gasteiger charge is -2.45. The van der Waals surface area contributed by atoms with E-state index in [1.807, 2.05) is 88.5 Å². The first kappa shape index (κ1) is 34.0. The molecule has 0 bridgehead atoms. The molecule has 0 spiro atoms. The Kier molecular flexibility index (Phi) is 10.8. The molecule has 0 heterocycles. The SMILES string of the molecule is CC(C)(C)[Si](C)(C)O[C@H](C=O)[C@@H](C[C@@H](O[Si](C)(C)C(C)(C)C)C(F)(F)F)O[Si](C)(C)C(C)(C)C. The lowest BCUT2D eigenvalue weighted by molar-refractivity contribution is -0.207. The standard InChI is InChI=1S/C24H51F3O4Si3/c1-21(2,3)32(10,11)29-18(19(17-28)30-33(12,13)22(4,5)6)16-20(24(25,26)27)31-34(14,15)23(7,8)9/h17-20H,16H2,1-15H3/t18-,19-,20-/m1/s1. The number of halogens is 3. The first-order valence-electron chi connectivity index (χ1n) is 12.1. The highest BCUT2D eigenvalue weighted by Crippen LogP contribution is 2.44. The summed E-state index contributed by atoms with van der Waals surface area (Å²) in [6.45, 7) is 29.4. The zero-order chi connectivity index (χ0) is 27.8. The van der Waals surface area contributed by atoms with E-state index in [2.05, 4.69) is 0 Å². The van der Waals surface area contributed by atoms with Crippen molar-refractivity contribution in [3.8, 4) is 0 Å². The Morgan fingerprint density at radius 2 is 0.971 bits per heavy atom. The summed E-state index contributed by atoms with van der Waals surface area (Å²) in [5, 5.41) is -0.853. The molecule has 0 saturated carbocycles. The number of alkyl halides is 3. The van der Waals surface area contributed by atoms with E-state index in [-0.39, 0.29) is 10.1 Å². The highest BCUT2D eigenvalue weighted by Gasteiger charge is 2.51. The Hall–Kier alpha value is -0.00935. The predicted octanol–water partition coefficient (Wildman–Crippen LogP) is 8.31. The average molecular weight is 545 g/mol. The fourth-order valence-electron chi connectivity index (χ4n) is 2.50. The molecule has 0 saturated heterocycles. The summed E-state index contributed by atoms with van der Waals surface area (Å²) in [5.41, 5.74) is 0. The zero-order valence-corrected chi connectivity index (χ0v) is 27.3. The quantitative estimate of drug-likeness (QED) is 0.205. The van der Waals surface area contributed by atoms with Crippen LogP contribution in [0.25, 0.3) is 0 Å². The summed E-state index contributed by atoms with van der Waals surface area (Å²) >= 11 is 0. The van der Waals surface area contributed by atoms with Gasteiger partial charge in [0.25, 0.3) is 0 Å². The van der Waals surface area contributed by atoms with Gasteiger partial charge in [-0.05, 0) is 54.4 Å². The van der Waals surface area contributed by atoms with Crippen molar-refractivity contribution in [2.45, 2.75) is 148 Å². The van der Waals surface area contributed by atoms with Crippen molar-refractivity contribution < 1.29 is 31.2 Å². The molecule has 0 rings (SSSR count). The Balaban J connectivity index is 6.44. The molecule has 0 aromatic heterocycles. The zero-order valence-electron chi connectivity index (χ0n) is 24.3. The molecule has 204 valence electrons. The second-order valence-corrected chi connectivity index (χ2v) is 28.3. The van der Waals surface area contributed by atoms with Crippen LogP contribution < -0.4 is 0 Å². The van der Waals surface area contributed by atoms with Gasteiger partial charge in [0.1, 0.15) is 18.5 Å². The van der Waals surface area contributed by atoms with E-state index in [4.69, 9.17) is 13.3 Å². The lowest BCUT2D eigenvalue weighted by atomic mass is 10.1. The van der Waals surface area contributed by atoms with E-state index in [0.29, 0.717) is 6.29 Å². The number of carbonyl (C=O) groups excluding carboxylic acids is 1. The molecular weight excluding hydrogens is 494 g/mol. The maximum absolute atomic E-state index is 14.3. The predicted molar refractivity (Wildman–Crippen MR) is 143 cm³/mol. The van der Waals surface area contributed by atoms with Crippen molar-refractivity contribution in [2.75, 3.05) is 0 Å². The highest BCUT2D eigenvalue weighted by atomic mass is 28.4. The maximum atomic E-state index is 14.3. The van der Waals surface area contributed by atoms with Crippen molar-refractivity contribution in [1.29, 1.82) is 0 Å². The molecule has 0 radical (unpaired) electrons. The van der Waals surface area contributed by atoms with Gasteiger partial charge in [0.15, 0.2) is 25.0 Å². The van der Waals surface area contributed by atoms with Crippen LogP contribution in [0.15, 0.2) is 0 Å². The van der Waals surface area contributed by atoms with E-state index < -0.39 is 60.9 Å². The molecule has 0 aromatic rings. The first-order valence-corrected chi connectivity index (χ1v) is 20.9. The fraction of sp³-hybridized carbons (Fsp3) is 0.958. The molecule has 0 aliphatic rings. The van der Waals surface area contributed by atoms with Crippen LogP contribution in [-0.2, 0) is 18.1 Å². The second-order valence-electron chi connectivity index (χ2n) is 14.0. The fourth-order valence-corrected chi connectivity index (χ4v) is 6.38. The number of hydrogen-bond donors (Lipinski definition) is 0. The van der Waals surface area contributed by atoms with Crippen molar-refractivity contribution >= 4 is 31.2 Å². The minimum Gasteiger partial charge on any atom is -0.411 e. The summed E-state index contributed by atoms with van der Waals surface area (Å²) in [4.78, 5) is 12.3. The molecule has 10 heteroatoms. The molecule has 0 amide bonds. The third-order valence-corrected chi connectivity index (χ3v) is 21.5. The normalized spacial score (nSPS) is 17.9. The van der Waals surface area contributed by atoms with Crippen molar-refractivity contribution in [3.05, 3.63) is 0 Å². The van der Waals surface area contributed by atoms with Crippen LogP contribution in [0.4, 0.5) is 13.2 Å². The smallest absolute Gasteiger partial charge is 0.411 e. The van der Waals surface area contributed by atoms with Crippen LogP contribution in [0.5, 0.6) is 0 Å². The largest absolute Gasteiger partial charge is 0.413 e. The van der Waals surface area contributed by atoms with E-state index in [0.717, 1.165) is 0 Å². The molecule has 4 nitrogen and oxygen atoms in total. The summed E-state index contributed by atoms with van der Waals surface area (Å²) in [7, 11) is -7.73. The van der Waals surface area contributed by atoms with Crippen LogP contribution in [0.2, 0.25) is 54.4 Å². The van der Waals surface area contributed by atoms with Gasteiger partial charge in [-0.3, -0.25) is 0 Å². The van der Waals surface area contributed by atoms with Crippen LogP contribution in [0, 0.1) is 0 Å². The Bertz CT molecular complexity index is 673. The molecular formula is C24H51F3O4Si3. The Morgan fingerprint density at radius 3 is 1.26 bits per heavy atom. The van der Waals surface area contributed by atoms with Gasteiger partial charge < -0.3 is 18.1 Å². The summed E-state index contributed by atoms with van der Waals surface area (Å²) in [5.74, 6) is 0. The number of carbonyl (C=O) groups is 1. The molecule has 0 N–H and O–H groups in total. The number of hydrogen-bond acceptors (Lipinski definition) is 4. The topological polar surface area (TPSA) is 44.8 Å². The molecule has 0 unspecified atom stereocenters. The van der Waals surface area contributed by atoms with Gasteiger partial charge in [-0.15, -0.1) is 0 Å². The first-order chi connectivity index (χ1) is 14.6. The average Bonchev–Trinajstić information content (AvgIpc) is 2.54. The van der Waals surface area contributed by atoms with E-state index in [1.54, 1.807) is 13.1 Å². The van der Waals surface area contributed by atoms with Gasteiger partial charge in [-0.2, -0.15) is 13.2 Å². The second kappa shape index (κ2) is 10.8. The molecule has 0 aliphatic carbocycles. The van der Waals surface area contributed by atoms with Crippen LogP contribution in [0.1, 0.15) is 68.7 Å². The van der Waals surface area contributed by atoms with Crippen LogP contribution in [-0.4, -0.2) is 55.7 Å². The third-order valence-electron chi connectivity index (χ3n) is 8.04. The van der Waals surface area contributed by atoms with Gasteiger partial charge >= 0.3 is 6.18 Å². The van der Waals surface area contributed by atoms with Gasteiger partial charge in [-0.1, -0.05) is 62.3 Å².